The summed E-state index contributed by atoms with van der Waals surface area (Å²) in [6.45, 7) is 3.63. The lowest BCUT2D eigenvalue weighted by Crippen LogP contribution is -2.30. The highest BCUT2D eigenvalue weighted by Gasteiger charge is 2.18. The van der Waals surface area contributed by atoms with Crippen LogP contribution in [0, 0.1) is 6.92 Å². The number of amides is 1. The first-order valence-electron chi connectivity index (χ1n) is 7.79. The number of nitrogens with one attached hydrogen (secondary N) is 1. The maximum atomic E-state index is 12.6. The van der Waals surface area contributed by atoms with Crippen LogP contribution >= 0.6 is 34.7 Å². The number of carbonyl (C=O) groups excluding carboxylic acids is 1. The third-order valence-electron chi connectivity index (χ3n) is 3.44. The fraction of sp³-hybridized carbons (Fsp3) is 0.167. The first-order valence-corrected chi connectivity index (χ1v) is 9.87. The molecule has 1 unspecified atom stereocenters. The van der Waals surface area contributed by atoms with Crippen LogP contribution < -0.4 is 10.1 Å². The first kappa shape index (κ1) is 18.7. The minimum absolute atomic E-state index is 0.257. The van der Waals surface area contributed by atoms with Crippen molar-refractivity contribution in [1.29, 1.82) is 0 Å². The highest BCUT2D eigenvalue weighted by molar-refractivity contribution is 8.01. The van der Waals surface area contributed by atoms with Gasteiger partial charge in [0.15, 0.2) is 10.4 Å². The van der Waals surface area contributed by atoms with Gasteiger partial charge in [-0.2, -0.15) is 0 Å². The van der Waals surface area contributed by atoms with E-state index in [4.69, 9.17) is 16.3 Å². The zero-order valence-corrected chi connectivity index (χ0v) is 16.5. The number of ether oxygens (including phenoxy) is 1. The quantitative estimate of drug-likeness (QED) is 0.621. The van der Waals surface area contributed by atoms with Crippen LogP contribution in [0.3, 0.4) is 0 Å². The van der Waals surface area contributed by atoms with E-state index in [1.807, 2.05) is 43.3 Å². The van der Waals surface area contributed by atoms with Gasteiger partial charge in [-0.05, 0) is 43.7 Å². The fourth-order valence-electron chi connectivity index (χ4n) is 2.14. The van der Waals surface area contributed by atoms with Crippen LogP contribution in [-0.2, 0) is 4.79 Å². The molecule has 0 radical (unpaired) electrons. The number of nitrogens with zero attached hydrogens (tertiary/aromatic N) is 2. The van der Waals surface area contributed by atoms with Gasteiger partial charge in [0.05, 0.1) is 10.7 Å². The van der Waals surface area contributed by atoms with Crippen molar-refractivity contribution in [1.82, 2.24) is 10.2 Å². The molecule has 1 N–H and O–H groups in total. The van der Waals surface area contributed by atoms with Gasteiger partial charge in [0.2, 0.25) is 0 Å². The number of benzene rings is 2. The van der Waals surface area contributed by atoms with Crippen LogP contribution in [0.15, 0.2) is 57.2 Å². The molecule has 0 spiro atoms. The number of halogens is 1. The molecule has 0 saturated carbocycles. The standard InChI is InChI=1S/C18H16ClN3O2S2/c1-11-7-8-13(19)15(9-11)24-12(2)17(23)21-14-5-3-4-6-16(14)26-18-22-20-10-25-18/h3-10,12H,1-2H3,(H,21,23). The lowest BCUT2D eigenvalue weighted by atomic mass is 10.2. The lowest BCUT2D eigenvalue weighted by Gasteiger charge is -2.17. The molecule has 0 fully saturated rings. The van der Waals surface area contributed by atoms with Gasteiger partial charge >= 0.3 is 0 Å². The van der Waals surface area contributed by atoms with Crippen molar-refractivity contribution in [2.24, 2.45) is 0 Å². The summed E-state index contributed by atoms with van der Waals surface area (Å²) >= 11 is 9.03. The van der Waals surface area contributed by atoms with Gasteiger partial charge in [0.1, 0.15) is 11.3 Å². The van der Waals surface area contributed by atoms with Crippen molar-refractivity contribution in [3.63, 3.8) is 0 Å². The highest BCUT2D eigenvalue weighted by atomic mass is 35.5. The summed E-state index contributed by atoms with van der Waals surface area (Å²) < 4.78 is 6.54. The average molecular weight is 406 g/mol. The molecule has 5 nitrogen and oxygen atoms in total. The Hall–Kier alpha value is -2.09. The molecule has 1 amide bonds. The van der Waals surface area contributed by atoms with E-state index >= 15 is 0 Å². The Morgan fingerprint density at radius 2 is 2.12 bits per heavy atom. The fourth-order valence-corrected chi connectivity index (χ4v) is 3.82. The molecule has 1 atom stereocenters. The lowest BCUT2D eigenvalue weighted by molar-refractivity contribution is -0.122. The molecule has 1 heterocycles. The van der Waals surface area contributed by atoms with Crippen LogP contribution in [0.2, 0.25) is 5.02 Å². The molecular formula is C18H16ClN3O2S2. The Bertz CT molecular complexity index is 903. The number of aromatic nitrogens is 2. The monoisotopic (exact) mass is 405 g/mol. The third kappa shape index (κ3) is 4.75. The number of carbonyl (C=O) groups is 1. The zero-order valence-electron chi connectivity index (χ0n) is 14.1. The summed E-state index contributed by atoms with van der Waals surface area (Å²) in [7, 11) is 0. The third-order valence-corrected chi connectivity index (χ3v) is 5.61. The Morgan fingerprint density at radius 1 is 1.31 bits per heavy atom. The Balaban J connectivity index is 1.70. The summed E-state index contributed by atoms with van der Waals surface area (Å²) in [5.74, 6) is 0.235. The zero-order chi connectivity index (χ0) is 18.5. The van der Waals surface area contributed by atoms with Crippen LogP contribution in [0.4, 0.5) is 5.69 Å². The van der Waals surface area contributed by atoms with E-state index in [9.17, 15) is 4.79 Å². The van der Waals surface area contributed by atoms with Gasteiger partial charge in [-0.15, -0.1) is 10.2 Å². The average Bonchev–Trinajstić information content (AvgIpc) is 3.13. The molecule has 0 aliphatic heterocycles. The van der Waals surface area contributed by atoms with Crippen molar-refractivity contribution in [3.8, 4) is 5.75 Å². The number of hydrogen-bond acceptors (Lipinski definition) is 6. The molecule has 3 aromatic rings. The van der Waals surface area contributed by atoms with Crippen molar-refractivity contribution in [2.75, 3.05) is 5.32 Å². The SMILES string of the molecule is Cc1ccc(Cl)c(OC(C)C(=O)Nc2ccccc2Sc2nncs2)c1. The Kier molecular flexibility index (Phi) is 6.13. The summed E-state index contributed by atoms with van der Waals surface area (Å²) in [6, 6.07) is 13.0. The van der Waals surface area contributed by atoms with Crippen LogP contribution in [-0.4, -0.2) is 22.2 Å². The number of aryl methyl sites for hydroxylation is 1. The van der Waals surface area contributed by atoms with Crippen LogP contribution in [0.25, 0.3) is 0 Å². The van der Waals surface area contributed by atoms with Gasteiger partial charge < -0.3 is 10.1 Å². The van der Waals surface area contributed by atoms with Gasteiger partial charge in [-0.1, -0.05) is 52.9 Å². The topological polar surface area (TPSA) is 64.1 Å². The smallest absolute Gasteiger partial charge is 0.265 e. The van der Waals surface area contributed by atoms with Crippen LogP contribution in [0.5, 0.6) is 5.75 Å². The van der Waals surface area contributed by atoms with E-state index in [0.717, 1.165) is 14.8 Å². The minimum Gasteiger partial charge on any atom is -0.479 e. The molecule has 134 valence electrons. The number of rotatable bonds is 6. The number of anilines is 1. The second kappa shape index (κ2) is 8.53. The normalized spacial score (nSPS) is 11.8. The summed E-state index contributed by atoms with van der Waals surface area (Å²) in [5.41, 5.74) is 3.38. The molecule has 0 bridgehead atoms. The Morgan fingerprint density at radius 3 is 2.88 bits per heavy atom. The largest absolute Gasteiger partial charge is 0.479 e. The van der Waals surface area contributed by atoms with Crippen LogP contribution in [0.1, 0.15) is 12.5 Å². The van der Waals surface area contributed by atoms with E-state index in [1.165, 1.54) is 23.1 Å². The molecule has 3 rings (SSSR count). The van der Waals surface area contributed by atoms with Gasteiger partial charge in [0.25, 0.3) is 5.91 Å². The molecular weight excluding hydrogens is 390 g/mol. The predicted molar refractivity (Wildman–Crippen MR) is 105 cm³/mol. The van der Waals surface area contributed by atoms with E-state index in [-0.39, 0.29) is 5.91 Å². The van der Waals surface area contributed by atoms with Crippen molar-refractivity contribution in [3.05, 3.63) is 58.6 Å². The van der Waals surface area contributed by atoms with Gasteiger partial charge in [-0.3, -0.25) is 4.79 Å². The maximum absolute atomic E-state index is 12.6. The van der Waals surface area contributed by atoms with Gasteiger partial charge in [-0.25, -0.2) is 0 Å². The molecule has 0 aliphatic rings. The summed E-state index contributed by atoms with van der Waals surface area (Å²) in [5, 5.41) is 11.2. The summed E-state index contributed by atoms with van der Waals surface area (Å²) in [6.07, 6.45) is -0.700. The first-order chi connectivity index (χ1) is 12.5. The molecule has 0 aliphatic carbocycles. The highest BCUT2D eigenvalue weighted by Crippen LogP contribution is 2.34. The predicted octanol–water partition coefficient (Wildman–Crippen LogP) is 5.06. The number of para-hydroxylation sites is 1. The molecule has 8 heteroatoms. The van der Waals surface area contributed by atoms with E-state index in [0.29, 0.717) is 16.5 Å². The van der Waals surface area contributed by atoms with Crippen molar-refractivity contribution >= 4 is 46.3 Å². The number of hydrogen-bond donors (Lipinski definition) is 1. The molecule has 0 saturated heterocycles. The van der Waals surface area contributed by atoms with E-state index in [1.54, 1.807) is 18.5 Å². The Labute approximate surface area is 164 Å². The van der Waals surface area contributed by atoms with Crippen molar-refractivity contribution in [2.45, 2.75) is 29.2 Å². The maximum Gasteiger partial charge on any atom is 0.265 e. The van der Waals surface area contributed by atoms with Crippen molar-refractivity contribution < 1.29 is 9.53 Å². The van der Waals surface area contributed by atoms with Gasteiger partial charge in [0, 0.05) is 4.90 Å². The second-order valence-corrected chi connectivity index (χ2v) is 8.02. The second-order valence-electron chi connectivity index (χ2n) is 5.49. The minimum atomic E-state index is -0.700. The summed E-state index contributed by atoms with van der Waals surface area (Å²) in [4.78, 5) is 13.4. The molecule has 1 aromatic heterocycles. The van der Waals surface area contributed by atoms with E-state index in [2.05, 4.69) is 15.5 Å². The molecule has 26 heavy (non-hydrogen) atoms. The molecule has 2 aromatic carbocycles. The van der Waals surface area contributed by atoms with E-state index < -0.39 is 6.10 Å².